The largest absolute Gasteiger partial charge is 0.493 e. The highest BCUT2D eigenvalue weighted by Gasteiger charge is 2.19. The van der Waals surface area contributed by atoms with Gasteiger partial charge in [-0.25, -0.2) is 4.79 Å². The van der Waals surface area contributed by atoms with Crippen LogP contribution in [-0.4, -0.2) is 31.2 Å². The van der Waals surface area contributed by atoms with Crippen LogP contribution in [0.5, 0.6) is 0 Å². The molecule has 0 spiro atoms. The second kappa shape index (κ2) is 7.58. The number of methoxy groups -OCH3 is 1. The third-order valence-electron chi connectivity index (χ3n) is 2.78. The number of piperidine rings is 1. The van der Waals surface area contributed by atoms with Crippen LogP contribution in [0.25, 0.3) is 0 Å². The third-order valence-corrected chi connectivity index (χ3v) is 2.78. The van der Waals surface area contributed by atoms with E-state index in [9.17, 15) is 4.79 Å². The van der Waals surface area contributed by atoms with Gasteiger partial charge >= 0.3 is 6.09 Å². The van der Waals surface area contributed by atoms with Crippen molar-refractivity contribution in [1.82, 2.24) is 4.90 Å². The summed E-state index contributed by atoms with van der Waals surface area (Å²) in [4.78, 5) is 13.7. The molecule has 4 heteroatoms. The Morgan fingerprint density at radius 2 is 1.89 bits per heavy atom. The van der Waals surface area contributed by atoms with Gasteiger partial charge in [0, 0.05) is 13.1 Å². The van der Waals surface area contributed by atoms with Crippen LogP contribution >= 0.6 is 0 Å². The molecule has 100 valence electrons. The van der Waals surface area contributed by atoms with Gasteiger partial charge in [0.15, 0.2) is 11.5 Å². The average Bonchev–Trinajstić information content (AvgIpc) is 2.43. The molecule has 18 heavy (non-hydrogen) atoms. The molecule has 4 nitrogen and oxygen atoms in total. The summed E-state index contributed by atoms with van der Waals surface area (Å²) in [6, 6.07) is 0. The highest BCUT2D eigenvalue weighted by molar-refractivity contribution is 5.69. The van der Waals surface area contributed by atoms with Gasteiger partial charge in [-0.2, -0.15) is 0 Å². The zero-order valence-corrected chi connectivity index (χ0v) is 11.1. The van der Waals surface area contributed by atoms with Gasteiger partial charge in [0.25, 0.3) is 0 Å². The van der Waals surface area contributed by atoms with E-state index < -0.39 is 0 Å². The molecule has 0 bridgehead atoms. The minimum atomic E-state index is -0.330. The molecule has 1 amide bonds. The molecule has 1 saturated heterocycles. The van der Waals surface area contributed by atoms with Gasteiger partial charge in [0.2, 0.25) is 0 Å². The smallest absolute Gasteiger partial charge is 0.415 e. The summed E-state index contributed by atoms with van der Waals surface area (Å²) >= 11 is 0. The predicted octanol–water partition coefficient (Wildman–Crippen LogP) is 3.23. The van der Waals surface area contributed by atoms with E-state index in [-0.39, 0.29) is 6.09 Å². The zero-order valence-electron chi connectivity index (χ0n) is 11.1. The van der Waals surface area contributed by atoms with Gasteiger partial charge in [0.1, 0.15) is 0 Å². The Bertz CT molecular complexity index is 352. The second-order valence-corrected chi connectivity index (χ2v) is 4.05. The minimum absolute atomic E-state index is 0.330. The summed E-state index contributed by atoms with van der Waals surface area (Å²) in [7, 11) is 1.54. The number of nitrogens with zero attached hydrogens (tertiary/aromatic N) is 1. The Balaban J connectivity index is 2.72. The fourth-order valence-electron chi connectivity index (χ4n) is 1.83. The Morgan fingerprint density at radius 1 is 1.22 bits per heavy atom. The van der Waals surface area contributed by atoms with E-state index in [0.717, 1.165) is 25.9 Å². The molecule has 0 atom stereocenters. The van der Waals surface area contributed by atoms with Crippen LogP contribution in [0.2, 0.25) is 0 Å². The SMILES string of the molecule is C=CC(OC(=O)N1CCCCC1)=C(C=CC)OC. The molecule has 0 aromatic heterocycles. The van der Waals surface area contributed by atoms with Crippen molar-refractivity contribution in [3.05, 3.63) is 36.3 Å². The Morgan fingerprint density at radius 3 is 2.39 bits per heavy atom. The van der Waals surface area contributed by atoms with Gasteiger partial charge in [-0.05, 0) is 38.3 Å². The molecule has 0 N–H and O–H groups in total. The fraction of sp³-hybridized carbons (Fsp3) is 0.500. The van der Waals surface area contributed by atoms with Crippen LogP contribution in [0.3, 0.4) is 0 Å². The summed E-state index contributed by atoms with van der Waals surface area (Å²) < 4.78 is 10.5. The number of hydrogen-bond donors (Lipinski definition) is 0. The van der Waals surface area contributed by atoms with Gasteiger partial charge in [-0.15, -0.1) is 0 Å². The number of hydrogen-bond acceptors (Lipinski definition) is 3. The summed E-state index contributed by atoms with van der Waals surface area (Å²) in [6.45, 7) is 7.03. The maximum absolute atomic E-state index is 11.9. The highest BCUT2D eigenvalue weighted by Crippen LogP contribution is 2.15. The lowest BCUT2D eigenvalue weighted by molar-refractivity contribution is 0.118. The fourth-order valence-corrected chi connectivity index (χ4v) is 1.83. The Kier molecular flexibility index (Phi) is 6.05. The monoisotopic (exact) mass is 251 g/mol. The maximum Gasteiger partial charge on any atom is 0.415 e. The minimum Gasteiger partial charge on any atom is -0.493 e. The van der Waals surface area contributed by atoms with Crippen molar-refractivity contribution in [2.75, 3.05) is 20.2 Å². The molecule has 0 aliphatic carbocycles. The number of carbonyl (C=O) groups excluding carboxylic acids is 1. The number of amides is 1. The third kappa shape index (κ3) is 3.95. The van der Waals surface area contributed by atoms with Crippen molar-refractivity contribution in [1.29, 1.82) is 0 Å². The van der Waals surface area contributed by atoms with Gasteiger partial charge in [0.05, 0.1) is 7.11 Å². The molecule has 1 fully saturated rings. The normalized spacial score (nSPS) is 17.3. The van der Waals surface area contributed by atoms with Crippen LogP contribution in [0.15, 0.2) is 36.3 Å². The van der Waals surface area contributed by atoms with Crippen molar-refractivity contribution < 1.29 is 14.3 Å². The second-order valence-electron chi connectivity index (χ2n) is 4.05. The summed E-state index contributed by atoms with van der Waals surface area (Å²) in [5.74, 6) is 0.851. The van der Waals surface area contributed by atoms with Gasteiger partial charge in [-0.3, -0.25) is 0 Å². The van der Waals surface area contributed by atoms with Crippen LogP contribution < -0.4 is 0 Å². The number of allylic oxidation sites excluding steroid dienone is 3. The molecule has 0 aromatic rings. The van der Waals surface area contributed by atoms with E-state index in [1.165, 1.54) is 19.6 Å². The first-order valence-electron chi connectivity index (χ1n) is 6.23. The van der Waals surface area contributed by atoms with Crippen LogP contribution in [0.4, 0.5) is 4.79 Å². The molecular formula is C14H21NO3. The van der Waals surface area contributed by atoms with Crippen LogP contribution in [0, 0.1) is 0 Å². The number of ether oxygens (including phenoxy) is 2. The Hall–Kier alpha value is -1.71. The van der Waals surface area contributed by atoms with E-state index in [1.807, 2.05) is 13.0 Å². The van der Waals surface area contributed by atoms with Crippen molar-refractivity contribution in [2.24, 2.45) is 0 Å². The van der Waals surface area contributed by atoms with Crippen molar-refractivity contribution in [3.63, 3.8) is 0 Å². The molecular weight excluding hydrogens is 230 g/mol. The Labute approximate surface area is 109 Å². The summed E-state index contributed by atoms with van der Waals surface area (Å²) in [5.41, 5.74) is 0. The topological polar surface area (TPSA) is 38.8 Å². The number of likely N-dealkylation sites (tertiary alicyclic amines) is 1. The first-order chi connectivity index (χ1) is 8.72. The molecule has 1 heterocycles. The maximum atomic E-state index is 11.9. The lowest BCUT2D eigenvalue weighted by atomic mass is 10.1. The lowest BCUT2D eigenvalue weighted by Crippen LogP contribution is -2.35. The molecule has 1 aliphatic rings. The molecule has 1 rings (SSSR count). The predicted molar refractivity (Wildman–Crippen MR) is 71.0 cm³/mol. The van der Waals surface area contributed by atoms with E-state index in [0.29, 0.717) is 11.5 Å². The zero-order chi connectivity index (χ0) is 13.4. The first-order valence-corrected chi connectivity index (χ1v) is 6.23. The van der Waals surface area contributed by atoms with E-state index in [4.69, 9.17) is 9.47 Å². The molecule has 0 saturated carbocycles. The van der Waals surface area contributed by atoms with Gasteiger partial charge < -0.3 is 14.4 Å². The van der Waals surface area contributed by atoms with Crippen molar-refractivity contribution in [3.8, 4) is 0 Å². The first kappa shape index (κ1) is 14.4. The molecule has 0 radical (unpaired) electrons. The number of rotatable bonds is 4. The summed E-state index contributed by atoms with van der Waals surface area (Å²) in [6.07, 6.45) is 7.96. The standard InChI is InChI=1S/C14H21NO3/c1-4-9-13(17-3)12(5-2)18-14(16)15-10-7-6-8-11-15/h4-5,9H,2,6-8,10-11H2,1,3H3. The van der Waals surface area contributed by atoms with E-state index >= 15 is 0 Å². The van der Waals surface area contributed by atoms with E-state index in [1.54, 1.807) is 11.0 Å². The van der Waals surface area contributed by atoms with Gasteiger partial charge in [-0.1, -0.05) is 12.7 Å². The average molecular weight is 251 g/mol. The lowest BCUT2D eigenvalue weighted by Gasteiger charge is -2.26. The van der Waals surface area contributed by atoms with Crippen molar-refractivity contribution >= 4 is 6.09 Å². The van der Waals surface area contributed by atoms with Crippen molar-refractivity contribution in [2.45, 2.75) is 26.2 Å². The molecule has 0 aromatic carbocycles. The molecule has 0 unspecified atom stereocenters. The molecule has 1 aliphatic heterocycles. The summed E-state index contributed by atoms with van der Waals surface area (Å²) in [5, 5.41) is 0. The van der Waals surface area contributed by atoms with Crippen LogP contribution in [-0.2, 0) is 9.47 Å². The van der Waals surface area contributed by atoms with E-state index in [2.05, 4.69) is 6.58 Å². The number of carbonyl (C=O) groups is 1. The quantitative estimate of drug-likeness (QED) is 0.569. The highest BCUT2D eigenvalue weighted by atomic mass is 16.6. The van der Waals surface area contributed by atoms with Crippen LogP contribution in [0.1, 0.15) is 26.2 Å².